The lowest BCUT2D eigenvalue weighted by atomic mass is 10.2. The molecule has 16 heavy (non-hydrogen) atoms. The van der Waals surface area contributed by atoms with Crippen molar-refractivity contribution in [2.45, 2.75) is 12.6 Å². The Labute approximate surface area is 99.2 Å². The van der Waals surface area contributed by atoms with Crippen LogP contribution in [-0.4, -0.2) is 37.6 Å². The quantitative estimate of drug-likeness (QED) is 0.787. The number of thiophene rings is 1. The number of ether oxygens (including phenoxy) is 1. The monoisotopic (exact) mass is 240 g/mol. The van der Waals surface area contributed by atoms with Gasteiger partial charge in [0.25, 0.3) is 0 Å². The molecule has 0 spiro atoms. The Morgan fingerprint density at radius 2 is 2.56 bits per heavy atom. The van der Waals surface area contributed by atoms with E-state index in [1.807, 2.05) is 10.3 Å². The average Bonchev–Trinajstić information content (AvgIpc) is 2.89. The van der Waals surface area contributed by atoms with E-state index in [9.17, 15) is 4.79 Å². The minimum absolute atomic E-state index is 0.0515. The maximum Gasteiger partial charge on any atom is 0.238 e. The highest BCUT2D eigenvalue weighted by Crippen LogP contribution is 2.24. The summed E-state index contributed by atoms with van der Waals surface area (Å²) >= 11 is 1.66. The second kappa shape index (κ2) is 5.43. The van der Waals surface area contributed by atoms with Crippen molar-refractivity contribution in [3.05, 3.63) is 22.4 Å². The molecular formula is C11H16N2O2S. The first-order valence-corrected chi connectivity index (χ1v) is 6.31. The van der Waals surface area contributed by atoms with Gasteiger partial charge < -0.3 is 9.64 Å². The highest BCUT2D eigenvalue weighted by molar-refractivity contribution is 7.07. The van der Waals surface area contributed by atoms with Crippen molar-refractivity contribution in [3.8, 4) is 0 Å². The molecule has 0 aliphatic carbocycles. The van der Waals surface area contributed by atoms with Gasteiger partial charge in [0.2, 0.25) is 5.91 Å². The summed E-state index contributed by atoms with van der Waals surface area (Å²) in [4.78, 5) is 13.6. The van der Waals surface area contributed by atoms with Gasteiger partial charge in [-0.15, -0.1) is 0 Å². The summed E-state index contributed by atoms with van der Waals surface area (Å²) in [5.41, 5.74) is 1.17. The van der Waals surface area contributed by atoms with Gasteiger partial charge in [0.15, 0.2) is 0 Å². The van der Waals surface area contributed by atoms with Crippen molar-refractivity contribution in [2.24, 2.45) is 0 Å². The molecule has 0 aromatic carbocycles. The maximum atomic E-state index is 11.7. The smallest absolute Gasteiger partial charge is 0.238 e. The fourth-order valence-corrected chi connectivity index (χ4v) is 2.58. The van der Waals surface area contributed by atoms with Crippen molar-refractivity contribution in [1.82, 2.24) is 10.2 Å². The molecule has 1 aliphatic heterocycles. The van der Waals surface area contributed by atoms with Crippen LogP contribution in [0.15, 0.2) is 16.8 Å². The molecule has 0 saturated carbocycles. The SMILES string of the molecule is COCCCN1C(=O)CNC1c1ccsc1. The van der Waals surface area contributed by atoms with E-state index >= 15 is 0 Å². The Morgan fingerprint density at radius 3 is 3.25 bits per heavy atom. The van der Waals surface area contributed by atoms with Gasteiger partial charge in [-0.05, 0) is 28.8 Å². The molecule has 1 aromatic heterocycles. The van der Waals surface area contributed by atoms with Crippen molar-refractivity contribution in [3.63, 3.8) is 0 Å². The van der Waals surface area contributed by atoms with Crippen LogP contribution < -0.4 is 5.32 Å². The number of methoxy groups -OCH3 is 1. The first-order chi connectivity index (χ1) is 7.83. The molecule has 1 fully saturated rings. The van der Waals surface area contributed by atoms with Gasteiger partial charge in [-0.25, -0.2) is 0 Å². The second-order valence-corrected chi connectivity index (χ2v) is 4.55. The van der Waals surface area contributed by atoms with Crippen LogP contribution >= 0.6 is 11.3 Å². The largest absolute Gasteiger partial charge is 0.385 e. The molecule has 1 unspecified atom stereocenters. The summed E-state index contributed by atoms with van der Waals surface area (Å²) in [6, 6.07) is 2.06. The highest BCUT2D eigenvalue weighted by Gasteiger charge is 2.30. The first-order valence-electron chi connectivity index (χ1n) is 5.37. The van der Waals surface area contributed by atoms with Gasteiger partial charge in [0, 0.05) is 20.3 Å². The zero-order chi connectivity index (χ0) is 11.4. The number of nitrogens with one attached hydrogen (secondary N) is 1. The van der Waals surface area contributed by atoms with E-state index in [4.69, 9.17) is 4.74 Å². The first kappa shape index (κ1) is 11.6. The third kappa shape index (κ3) is 2.42. The molecule has 5 heteroatoms. The van der Waals surface area contributed by atoms with Gasteiger partial charge in [-0.2, -0.15) is 11.3 Å². The maximum absolute atomic E-state index is 11.7. The molecule has 1 aliphatic rings. The summed E-state index contributed by atoms with van der Waals surface area (Å²) < 4.78 is 5.01. The fourth-order valence-electron chi connectivity index (χ4n) is 1.90. The molecule has 1 amide bonds. The number of hydrogen-bond donors (Lipinski definition) is 1. The van der Waals surface area contributed by atoms with E-state index in [0.29, 0.717) is 13.2 Å². The molecule has 2 rings (SSSR count). The summed E-state index contributed by atoms with van der Waals surface area (Å²) in [5.74, 6) is 0.173. The fraction of sp³-hybridized carbons (Fsp3) is 0.545. The minimum atomic E-state index is 0.0515. The van der Waals surface area contributed by atoms with E-state index < -0.39 is 0 Å². The standard InChI is InChI=1S/C11H16N2O2S/c1-15-5-2-4-13-10(14)7-12-11(13)9-3-6-16-8-9/h3,6,8,11-12H,2,4-5,7H2,1H3. The molecule has 1 saturated heterocycles. The van der Waals surface area contributed by atoms with Gasteiger partial charge in [0.1, 0.15) is 6.17 Å². The normalized spacial score (nSPS) is 20.7. The van der Waals surface area contributed by atoms with Crippen LogP contribution in [0.5, 0.6) is 0 Å². The van der Waals surface area contributed by atoms with Gasteiger partial charge in [-0.1, -0.05) is 0 Å². The highest BCUT2D eigenvalue weighted by atomic mass is 32.1. The molecular weight excluding hydrogens is 224 g/mol. The Bertz CT molecular complexity index is 340. The van der Waals surface area contributed by atoms with Crippen LogP contribution in [0.25, 0.3) is 0 Å². The molecule has 4 nitrogen and oxygen atoms in total. The summed E-state index contributed by atoms with van der Waals surface area (Å²) in [7, 11) is 1.68. The predicted molar refractivity (Wildman–Crippen MR) is 63.3 cm³/mol. The Balaban J connectivity index is 1.99. The lowest BCUT2D eigenvalue weighted by Crippen LogP contribution is -2.31. The van der Waals surface area contributed by atoms with Gasteiger partial charge >= 0.3 is 0 Å². The zero-order valence-corrected chi connectivity index (χ0v) is 10.1. The van der Waals surface area contributed by atoms with Crippen LogP contribution in [0, 0.1) is 0 Å². The molecule has 1 aromatic rings. The minimum Gasteiger partial charge on any atom is -0.385 e. The van der Waals surface area contributed by atoms with E-state index in [1.165, 1.54) is 5.56 Å². The molecule has 0 bridgehead atoms. The molecule has 1 N–H and O–H groups in total. The van der Waals surface area contributed by atoms with E-state index in [0.717, 1.165) is 13.0 Å². The number of rotatable bonds is 5. The Morgan fingerprint density at radius 1 is 1.69 bits per heavy atom. The molecule has 0 radical (unpaired) electrons. The molecule has 1 atom stereocenters. The van der Waals surface area contributed by atoms with Crippen molar-refractivity contribution >= 4 is 17.2 Å². The van der Waals surface area contributed by atoms with Crippen molar-refractivity contribution in [2.75, 3.05) is 26.8 Å². The molecule has 88 valence electrons. The van der Waals surface area contributed by atoms with Crippen molar-refractivity contribution < 1.29 is 9.53 Å². The summed E-state index contributed by atoms with van der Waals surface area (Å²) in [6.07, 6.45) is 0.931. The van der Waals surface area contributed by atoms with Gasteiger partial charge in [0.05, 0.1) is 6.54 Å². The van der Waals surface area contributed by atoms with Crippen LogP contribution in [-0.2, 0) is 9.53 Å². The van der Waals surface area contributed by atoms with Crippen LogP contribution in [0.2, 0.25) is 0 Å². The number of hydrogen-bond acceptors (Lipinski definition) is 4. The number of carbonyl (C=O) groups excluding carboxylic acids is 1. The van der Waals surface area contributed by atoms with Gasteiger partial charge in [-0.3, -0.25) is 10.1 Å². The van der Waals surface area contributed by atoms with E-state index in [2.05, 4.69) is 16.8 Å². The summed E-state index contributed by atoms with van der Waals surface area (Å²) in [5, 5.41) is 7.35. The Kier molecular flexibility index (Phi) is 3.93. The third-order valence-electron chi connectivity index (χ3n) is 2.69. The molecule has 2 heterocycles. The summed E-state index contributed by atoms with van der Waals surface area (Å²) in [6.45, 7) is 1.88. The van der Waals surface area contributed by atoms with Crippen LogP contribution in [0.1, 0.15) is 18.2 Å². The number of nitrogens with zero attached hydrogens (tertiary/aromatic N) is 1. The van der Waals surface area contributed by atoms with E-state index in [-0.39, 0.29) is 12.1 Å². The third-order valence-corrected chi connectivity index (χ3v) is 3.39. The van der Waals surface area contributed by atoms with E-state index in [1.54, 1.807) is 18.4 Å². The van der Waals surface area contributed by atoms with Crippen molar-refractivity contribution in [1.29, 1.82) is 0 Å². The lowest BCUT2D eigenvalue weighted by molar-refractivity contribution is -0.128. The second-order valence-electron chi connectivity index (χ2n) is 3.77. The Hall–Kier alpha value is -0.910. The number of amides is 1. The zero-order valence-electron chi connectivity index (χ0n) is 9.31. The topological polar surface area (TPSA) is 41.6 Å². The van der Waals surface area contributed by atoms with Crippen LogP contribution in [0.4, 0.5) is 0 Å². The van der Waals surface area contributed by atoms with Crippen LogP contribution in [0.3, 0.4) is 0 Å². The average molecular weight is 240 g/mol. The predicted octanol–water partition coefficient (Wildman–Crippen LogP) is 1.22. The lowest BCUT2D eigenvalue weighted by Gasteiger charge is -2.23. The number of carbonyl (C=O) groups is 1.